The third kappa shape index (κ3) is 3.24. The Hall–Kier alpha value is -1.06. The molecule has 1 N–H and O–H groups in total. The van der Waals surface area contributed by atoms with Crippen LogP contribution in [-0.2, 0) is 13.6 Å². The first-order valence-corrected chi connectivity index (χ1v) is 7.03. The first-order valence-electron chi connectivity index (χ1n) is 6.50. The molecule has 0 aliphatic carbocycles. The highest BCUT2D eigenvalue weighted by molar-refractivity contribution is 6.17. The number of aryl methyl sites for hydroxylation is 1. The molecule has 0 amide bonds. The minimum absolute atomic E-state index is 0.769. The molecule has 98 valence electrons. The van der Waals surface area contributed by atoms with Crippen molar-refractivity contribution >= 4 is 22.5 Å². The number of halogens is 1. The van der Waals surface area contributed by atoms with Crippen LogP contribution in [0.1, 0.15) is 25.0 Å². The van der Waals surface area contributed by atoms with Crippen LogP contribution in [0.2, 0.25) is 0 Å². The Balaban J connectivity index is 1.88. The molecule has 0 atom stereocenters. The molecular formula is C14H20ClN3. The van der Waals surface area contributed by atoms with Crippen molar-refractivity contribution < 1.29 is 0 Å². The van der Waals surface area contributed by atoms with E-state index in [0.717, 1.165) is 31.1 Å². The molecule has 0 saturated heterocycles. The standard InChI is InChI=1S/C14H20ClN3/c1-18-14-8-4-3-7-12(14)13(17-18)11-16-10-6-2-5-9-15/h3-4,7-8,16H,2,5-6,9-11H2,1H3. The predicted molar refractivity (Wildman–Crippen MR) is 77.0 cm³/mol. The van der Waals surface area contributed by atoms with Crippen LogP contribution in [0.3, 0.4) is 0 Å². The van der Waals surface area contributed by atoms with Crippen LogP contribution < -0.4 is 5.32 Å². The van der Waals surface area contributed by atoms with Crippen molar-refractivity contribution in [1.29, 1.82) is 0 Å². The molecular weight excluding hydrogens is 246 g/mol. The Morgan fingerprint density at radius 2 is 2.06 bits per heavy atom. The molecule has 1 aromatic carbocycles. The van der Waals surface area contributed by atoms with Gasteiger partial charge in [0.25, 0.3) is 0 Å². The van der Waals surface area contributed by atoms with Gasteiger partial charge in [-0.05, 0) is 25.5 Å². The number of hydrogen-bond donors (Lipinski definition) is 1. The number of fused-ring (bicyclic) bond motifs is 1. The highest BCUT2D eigenvalue weighted by Gasteiger charge is 2.06. The normalized spacial score (nSPS) is 11.2. The van der Waals surface area contributed by atoms with E-state index in [9.17, 15) is 0 Å². The second-order valence-electron chi connectivity index (χ2n) is 4.51. The largest absolute Gasteiger partial charge is 0.311 e. The number of para-hydroxylation sites is 1. The lowest BCUT2D eigenvalue weighted by Gasteiger charge is -2.02. The monoisotopic (exact) mass is 265 g/mol. The molecule has 0 radical (unpaired) electrons. The van der Waals surface area contributed by atoms with Gasteiger partial charge >= 0.3 is 0 Å². The number of rotatable bonds is 7. The van der Waals surface area contributed by atoms with Crippen molar-refractivity contribution in [2.24, 2.45) is 7.05 Å². The van der Waals surface area contributed by atoms with Gasteiger partial charge in [-0.3, -0.25) is 4.68 Å². The smallest absolute Gasteiger partial charge is 0.0841 e. The first kappa shape index (κ1) is 13.4. The van der Waals surface area contributed by atoms with E-state index >= 15 is 0 Å². The molecule has 0 bridgehead atoms. The Labute approximate surface area is 113 Å². The Bertz CT molecular complexity index is 493. The highest BCUT2D eigenvalue weighted by Crippen LogP contribution is 2.16. The van der Waals surface area contributed by atoms with Gasteiger partial charge in [0, 0.05) is 24.9 Å². The van der Waals surface area contributed by atoms with E-state index in [1.54, 1.807) is 0 Å². The summed E-state index contributed by atoms with van der Waals surface area (Å²) in [6.45, 7) is 1.87. The predicted octanol–water partition coefficient (Wildman–Crippen LogP) is 3.07. The van der Waals surface area contributed by atoms with Gasteiger partial charge in [0.15, 0.2) is 0 Å². The molecule has 1 heterocycles. The average Bonchev–Trinajstić information content (AvgIpc) is 2.71. The van der Waals surface area contributed by atoms with Gasteiger partial charge in [-0.1, -0.05) is 24.6 Å². The Morgan fingerprint density at radius 1 is 1.22 bits per heavy atom. The minimum atomic E-state index is 0.769. The molecule has 0 unspecified atom stereocenters. The Kier molecular flexibility index (Phi) is 5.02. The number of unbranched alkanes of at least 4 members (excludes halogenated alkanes) is 2. The van der Waals surface area contributed by atoms with Crippen molar-refractivity contribution in [2.45, 2.75) is 25.8 Å². The number of aromatic nitrogens is 2. The van der Waals surface area contributed by atoms with Crippen molar-refractivity contribution in [1.82, 2.24) is 15.1 Å². The third-order valence-electron chi connectivity index (χ3n) is 3.11. The summed E-state index contributed by atoms with van der Waals surface area (Å²) in [6, 6.07) is 8.35. The van der Waals surface area contributed by atoms with Gasteiger partial charge < -0.3 is 5.32 Å². The fourth-order valence-electron chi connectivity index (χ4n) is 2.15. The summed E-state index contributed by atoms with van der Waals surface area (Å²) in [4.78, 5) is 0. The lowest BCUT2D eigenvalue weighted by molar-refractivity contribution is 0.606. The maximum Gasteiger partial charge on any atom is 0.0841 e. The zero-order valence-electron chi connectivity index (χ0n) is 10.8. The lowest BCUT2D eigenvalue weighted by Crippen LogP contribution is -2.15. The highest BCUT2D eigenvalue weighted by atomic mass is 35.5. The van der Waals surface area contributed by atoms with E-state index in [1.165, 1.54) is 23.7 Å². The van der Waals surface area contributed by atoms with Gasteiger partial charge in [-0.15, -0.1) is 11.6 Å². The maximum absolute atomic E-state index is 5.65. The summed E-state index contributed by atoms with van der Waals surface area (Å²) in [5, 5.41) is 9.25. The van der Waals surface area contributed by atoms with E-state index < -0.39 is 0 Å². The number of benzene rings is 1. The maximum atomic E-state index is 5.65. The van der Waals surface area contributed by atoms with E-state index in [4.69, 9.17) is 11.6 Å². The zero-order valence-corrected chi connectivity index (χ0v) is 11.6. The molecule has 0 aliphatic rings. The first-order chi connectivity index (χ1) is 8.83. The summed E-state index contributed by atoms with van der Waals surface area (Å²) in [7, 11) is 1.99. The molecule has 3 nitrogen and oxygen atoms in total. The second kappa shape index (κ2) is 6.76. The molecule has 0 spiro atoms. The third-order valence-corrected chi connectivity index (χ3v) is 3.38. The number of nitrogens with zero attached hydrogens (tertiary/aromatic N) is 2. The van der Waals surface area contributed by atoms with E-state index in [-0.39, 0.29) is 0 Å². The van der Waals surface area contributed by atoms with Gasteiger partial charge in [0.2, 0.25) is 0 Å². The molecule has 2 aromatic rings. The van der Waals surface area contributed by atoms with Crippen LogP contribution in [0.5, 0.6) is 0 Å². The van der Waals surface area contributed by atoms with Crippen LogP contribution in [0.15, 0.2) is 24.3 Å². The van der Waals surface area contributed by atoms with E-state index in [1.807, 2.05) is 17.8 Å². The van der Waals surface area contributed by atoms with Crippen LogP contribution >= 0.6 is 11.6 Å². The molecule has 0 saturated carbocycles. The summed E-state index contributed by atoms with van der Waals surface area (Å²) < 4.78 is 1.94. The summed E-state index contributed by atoms with van der Waals surface area (Å²) >= 11 is 5.65. The minimum Gasteiger partial charge on any atom is -0.311 e. The van der Waals surface area contributed by atoms with Crippen LogP contribution in [0.4, 0.5) is 0 Å². The zero-order chi connectivity index (χ0) is 12.8. The fourth-order valence-corrected chi connectivity index (χ4v) is 2.34. The van der Waals surface area contributed by atoms with Crippen molar-refractivity contribution in [3.05, 3.63) is 30.0 Å². The summed E-state index contributed by atoms with van der Waals surface area (Å²) in [5.74, 6) is 0.769. The fraction of sp³-hybridized carbons (Fsp3) is 0.500. The lowest BCUT2D eigenvalue weighted by atomic mass is 10.2. The quantitative estimate of drug-likeness (QED) is 0.616. The summed E-state index contributed by atoms with van der Waals surface area (Å²) in [6.07, 6.45) is 3.48. The number of hydrogen-bond acceptors (Lipinski definition) is 2. The van der Waals surface area contributed by atoms with Gasteiger partial charge in [0.1, 0.15) is 0 Å². The van der Waals surface area contributed by atoms with Crippen LogP contribution in [0, 0.1) is 0 Å². The molecule has 0 aliphatic heterocycles. The van der Waals surface area contributed by atoms with Crippen LogP contribution in [-0.4, -0.2) is 22.2 Å². The molecule has 0 fully saturated rings. The Morgan fingerprint density at radius 3 is 2.89 bits per heavy atom. The SMILES string of the molecule is Cn1nc(CNCCCCCCl)c2ccccc21. The van der Waals surface area contributed by atoms with Gasteiger partial charge in [-0.25, -0.2) is 0 Å². The van der Waals surface area contributed by atoms with Gasteiger partial charge in [-0.2, -0.15) is 5.10 Å². The molecule has 4 heteroatoms. The van der Waals surface area contributed by atoms with Crippen molar-refractivity contribution in [2.75, 3.05) is 12.4 Å². The number of alkyl halides is 1. The molecule has 2 rings (SSSR count). The molecule has 18 heavy (non-hydrogen) atoms. The van der Waals surface area contributed by atoms with E-state index in [0.29, 0.717) is 0 Å². The van der Waals surface area contributed by atoms with Crippen LogP contribution in [0.25, 0.3) is 10.9 Å². The average molecular weight is 266 g/mol. The molecule has 1 aromatic heterocycles. The van der Waals surface area contributed by atoms with Crippen molar-refractivity contribution in [3.63, 3.8) is 0 Å². The van der Waals surface area contributed by atoms with Gasteiger partial charge in [0.05, 0.1) is 11.2 Å². The summed E-state index contributed by atoms with van der Waals surface area (Å²) in [5.41, 5.74) is 2.32. The topological polar surface area (TPSA) is 29.9 Å². The second-order valence-corrected chi connectivity index (χ2v) is 4.89. The number of nitrogens with one attached hydrogen (secondary N) is 1. The van der Waals surface area contributed by atoms with E-state index in [2.05, 4.69) is 28.6 Å². The van der Waals surface area contributed by atoms with Crippen molar-refractivity contribution in [3.8, 4) is 0 Å².